The monoisotopic (exact) mass is 424 g/mol. The number of unbranched alkanes of at least 4 members (excludes halogenated alkanes) is 1. The number of aliphatic imine (C=N–C) groups is 1. The van der Waals surface area contributed by atoms with E-state index in [0.717, 1.165) is 24.1 Å². The third-order valence-electron chi connectivity index (χ3n) is 5.47. The van der Waals surface area contributed by atoms with E-state index in [-0.39, 0.29) is 12.5 Å². The highest BCUT2D eigenvalue weighted by Gasteiger charge is 2.26. The number of pyridine rings is 1. The highest BCUT2D eigenvalue weighted by atomic mass is 19.1. The van der Waals surface area contributed by atoms with Crippen LogP contribution in [0.5, 0.6) is 0 Å². The molecule has 0 fully saturated rings. The van der Waals surface area contributed by atoms with Crippen molar-refractivity contribution in [1.29, 1.82) is 0 Å². The molecule has 0 atom stereocenters. The number of rotatable bonds is 4. The largest absolute Gasteiger partial charge is 0.400 e. The summed E-state index contributed by atoms with van der Waals surface area (Å²) in [6, 6.07) is 6.06. The Labute approximate surface area is 182 Å². The Morgan fingerprint density at radius 2 is 2.00 bits per heavy atom. The molecular formula is C23H29FN6O. The van der Waals surface area contributed by atoms with Gasteiger partial charge in [0.05, 0.1) is 23.5 Å². The van der Waals surface area contributed by atoms with Crippen LogP contribution >= 0.6 is 0 Å². The van der Waals surface area contributed by atoms with Crippen molar-refractivity contribution in [3.8, 4) is 0 Å². The fourth-order valence-corrected chi connectivity index (χ4v) is 3.76. The zero-order valence-corrected chi connectivity index (χ0v) is 18.4. The van der Waals surface area contributed by atoms with Crippen LogP contribution in [0.2, 0.25) is 0 Å². The minimum atomic E-state index is -0.430. The van der Waals surface area contributed by atoms with Gasteiger partial charge in [0.1, 0.15) is 11.6 Å². The van der Waals surface area contributed by atoms with Gasteiger partial charge in [-0.15, -0.1) is 0 Å². The van der Waals surface area contributed by atoms with Crippen LogP contribution in [0.15, 0.2) is 41.2 Å². The number of hydrogen-bond donors (Lipinski definition) is 2. The molecule has 8 heteroatoms. The Bertz CT molecular complexity index is 1060. The van der Waals surface area contributed by atoms with Crippen LogP contribution in [0, 0.1) is 5.82 Å². The molecule has 0 saturated heterocycles. The molecule has 4 N–H and O–H groups in total. The van der Waals surface area contributed by atoms with Crippen molar-refractivity contribution >= 4 is 34.4 Å². The molecule has 0 spiro atoms. The number of nitrogens with two attached hydrogens (primary N) is 2. The summed E-state index contributed by atoms with van der Waals surface area (Å²) < 4.78 is 14.3. The molecule has 1 aromatic carbocycles. The van der Waals surface area contributed by atoms with E-state index in [0.29, 0.717) is 40.6 Å². The first-order valence-corrected chi connectivity index (χ1v) is 10.3. The SMILES string of the molecule is CCCCN1c2cc(F)ccc2C(=O)N(C)CC(N)=C(C(C)=NC)c2cnc(N)c1c2. The van der Waals surface area contributed by atoms with Gasteiger partial charge in [0, 0.05) is 49.4 Å². The Kier molecular flexibility index (Phi) is 6.58. The maximum atomic E-state index is 14.3. The van der Waals surface area contributed by atoms with Gasteiger partial charge >= 0.3 is 0 Å². The molecule has 1 amide bonds. The number of nitrogen functional groups attached to an aromatic ring is 1. The van der Waals surface area contributed by atoms with Crippen LogP contribution in [-0.2, 0) is 0 Å². The quantitative estimate of drug-likeness (QED) is 0.731. The number of halogens is 1. The first kappa shape index (κ1) is 22.3. The second kappa shape index (κ2) is 9.16. The van der Waals surface area contributed by atoms with E-state index in [4.69, 9.17) is 11.5 Å². The van der Waals surface area contributed by atoms with Crippen LogP contribution in [0.3, 0.4) is 0 Å². The number of anilines is 3. The Morgan fingerprint density at radius 1 is 1.26 bits per heavy atom. The van der Waals surface area contributed by atoms with E-state index < -0.39 is 5.82 Å². The number of likely N-dealkylation sites (N-methyl/N-ethyl adjacent to an activating group) is 1. The van der Waals surface area contributed by atoms with Gasteiger partial charge in [0.15, 0.2) is 0 Å². The molecule has 2 heterocycles. The van der Waals surface area contributed by atoms with Crippen molar-refractivity contribution in [2.24, 2.45) is 10.7 Å². The van der Waals surface area contributed by atoms with Crippen LogP contribution in [0.1, 0.15) is 42.6 Å². The highest BCUT2D eigenvalue weighted by molar-refractivity contribution is 6.23. The van der Waals surface area contributed by atoms with Crippen molar-refractivity contribution in [3.05, 3.63) is 53.1 Å². The van der Waals surface area contributed by atoms with E-state index in [1.54, 1.807) is 20.3 Å². The third kappa shape index (κ3) is 4.38. The molecule has 2 aromatic rings. The van der Waals surface area contributed by atoms with Gasteiger partial charge in [-0.1, -0.05) is 13.3 Å². The number of carbonyl (C=O) groups excluding carboxylic acids is 1. The van der Waals surface area contributed by atoms with Gasteiger partial charge in [0.25, 0.3) is 5.91 Å². The Hall–Kier alpha value is -3.42. The fourth-order valence-electron chi connectivity index (χ4n) is 3.76. The molecule has 7 nitrogen and oxygen atoms in total. The lowest BCUT2D eigenvalue weighted by molar-refractivity contribution is 0.0807. The van der Waals surface area contributed by atoms with Gasteiger partial charge in [-0.2, -0.15) is 0 Å². The van der Waals surface area contributed by atoms with Crippen molar-refractivity contribution in [2.45, 2.75) is 26.7 Å². The van der Waals surface area contributed by atoms with Crippen LogP contribution in [0.25, 0.3) is 5.57 Å². The number of nitrogens with zero attached hydrogens (tertiary/aromatic N) is 4. The summed E-state index contributed by atoms with van der Waals surface area (Å²) >= 11 is 0. The standard InChI is InChI=1S/C23H29FN6O/c1-5-6-9-30-19-11-16(24)7-8-17(19)23(31)29(4)13-18(25)21(14(2)27-3)15-10-20(30)22(26)28-12-15/h7-8,10-12H,5-6,9,13,25H2,1-4H3,(H2,26,28). The van der Waals surface area contributed by atoms with E-state index in [2.05, 4.69) is 16.9 Å². The Morgan fingerprint density at radius 3 is 2.68 bits per heavy atom. The van der Waals surface area contributed by atoms with Gasteiger partial charge in [-0.25, -0.2) is 9.37 Å². The van der Waals surface area contributed by atoms with Gasteiger partial charge in [-0.05, 0) is 37.6 Å². The second-order valence-corrected chi connectivity index (χ2v) is 7.67. The molecule has 0 saturated carbocycles. The Balaban J connectivity index is 2.37. The number of aromatic nitrogens is 1. The van der Waals surface area contributed by atoms with Crippen LogP contribution in [-0.4, -0.2) is 48.7 Å². The second-order valence-electron chi connectivity index (χ2n) is 7.67. The number of fused-ring (bicyclic) bond motifs is 3. The smallest absolute Gasteiger partial charge is 0.256 e. The first-order chi connectivity index (χ1) is 14.8. The molecule has 3 rings (SSSR count). The van der Waals surface area contributed by atoms with Crippen molar-refractivity contribution in [2.75, 3.05) is 37.8 Å². The fraction of sp³-hybridized carbons (Fsp3) is 0.348. The molecule has 0 aliphatic carbocycles. The number of benzene rings is 1. The number of amides is 1. The molecule has 0 radical (unpaired) electrons. The summed E-state index contributed by atoms with van der Waals surface area (Å²) in [5, 5.41) is 0. The van der Waals surface area contributed by atoms with Gasteiger partial charge < -0.3 is 21.3 Å². The summed E-state index contributed by atoms with van der Waals surface area (Å²) in [5.41, 5.74) is 16.8. The van der Waals surface area contributed by atoms with E-state index in [1.165, 1.54) is 23.1 Å². The number of hydrogen-bond acceptors (Lipinski definition) is 6. The average Bonchev–Trinajstić information content (AvgIpc) is 2.75. The maximum Gasteiger partial charge on any atom is 0.256 e. The maximum absolute atomic E-state index is 14.3. The van der Waals surface area contributed by atoms with E-state index >= 15 is 0 Å². The molecular weight excluding hydrogens is 395 g/mol. The van der Waals surface area contributed by atoms with Crippen molar-refractivity contribution in [3.63, 3.8) is 0 Å². The molecule has 0 unspecified atom stereocenters. The van der Waals surface area contributed by atoms with Crippen LogP contribution < -0.4 is 16.4 Å². The molecule has 1 aromatic heterocycles. The minimum absolute atomic E-state index is 0.187. The summed E-state index contributed by atoms with van der Waals surface area (Å²) in [6.07, 6.45) is 3.39. The van der Waals surface area contributed by atoms with Crippen molar-refractivity contribution in [1.82, 2.24) is 9.88 Å². The lowest BCUT2D eigenvalue weighted by atomic mass is 10.00. The van der Waals surface area contributed by atoms with E-state index in [1.807, 2.05) is 17.9 Å². The zero-order chi connectivity index (χ0) is 22.7. The zero-order valence-electron chi connectivity index (χ0n) is 18.4. The van der Waals surface area contributed by atoms with Crippen molar-refractivity contribution < 1.29 is 9.18 Å². The predicted molar refractivity (Wildman–Crippen MR) is 124 cm³/mol. The first-order valence-electron chi connectivity index (χ1n) is 10.3. The van der Waals surface area contributed by atoms with Gasteiger partial charge in [-0.3, -0.25) is 9.79 Å². The summed E-state index contributed by atoms with van der Waals surface area (Å²) in [6.45, 7) is 4.66. The normalized spacial score (nSPS) is 15.1. The predicted octanol–water partition coefficient (Wildman–Crippen LogP) is 3.59. The summed E-state index contributed by atoms with van der Waals surface area (Å²) in [4.78, 5) is 25.4. The van der Waals surface area contributed by atoms with E-state index in [9.17, 15) is 9.18 Å². The lowest BCUT2D eigenvalue weighted by Gasteiger charge is -2.28. The molecule has 31 heavy (non-hydrogen) atoms. The average molecular weight is 425 g/mol. The number of allylic oxidation sites excluding steroid dienone is 1. The number of carbonyl (C=O) groups is 1. The van der Waals surface area contributed by atoms with Crippen LogP contribution in [0.4, 0.5) is 21.6 Å². The highest BCUT2D eigenvalue weighted by Crippen LogP contribution is 2.36. The molecule has 2 bridgehead atoms. The summed E-state index contributed by atoms with van der Waals surface area (Å²) in [7, 11) is 3.36. The van der Waals surface area contributed by atoms with Gasteiger partial charge in [0.2, 0.25) is 0 Å². The lowest BCUT2D eigenvalue weighted by Crippen LogP contribution is -2.33. The molecule has 164 valence electrons. The third-order valence-corrected chi connectivity index (χ3v) is 5.47. The summed E-state index contributed by atoms with van der Waals surface area (Å²) in [5.74, 6) is -0.397. The topological polar surface area (TPSA) is 101 Å². The molecule has 1 aliphatic rings. The minimum Gasteiger partial charge on any atom is -0.400 e. The molecule has 1 aliphatic heterocycles.